The zero-order valence-electron chi connectivity index (χ0n) is 34.8. The Bertz CT molecular complexity index is 3210. The summed E-state index contributed by atoms with van der Waals surface area (Å²) >= 11 is 0. The van der Waals surface area contributed by atoms with Crippen molar-refractivity contribution in [2.45, 2.75) is 12.3 Å². The molecule has 4 heteroatoms. The number of hydrogen-bond acceptors (Lipinski definition) is 3. The molecule has 9 aromatic carbocycles. The van der Waals surface area contributed by atoms with E-state index in [4.69, 9.17) is 15.0 Å². The molecule has 0 amide bonds. The maximum atomic E-state index is 5.23. The monoisotopic (exact) mass is 806 g/mol. The summed E-state index contributed by atoms with van der Waals surface area (Å²) in [6.45, 7) is 2.16. The predicted octanol–water partition coefficient (Wildman–Crippen LogP) is 14.3. The Balaban J connectivity index is 1.16. The number of hydrogen-bond donors (Lipinski definition) is 0. The van der Waals surface area contributed by atoms with Gasteiger partial charge in [-0.15, -0.1) is 0 Å². The minimum absolute atomic E-state index is 0.572. The summed E-state index contributed by atoms with van der Waals surface area (Å²) < 4.78 is 2.38. The van der Waals surface area contributed by atoms with Crippen LogP contribution in [0.25, 0.3) is 72.8 Å². The molecule has 0 spiro atoms. The molecule has 0 fully saturated rings. The van der Waals surface area contributed by atoms with Gasteiger partial charge in [0.05, 0.1) is 16.4 Å². The molecule has 0 atom stereocenters. The van der Waals surface area contributed by atoms with Crippen molar-refractivity contribution in [3.8, 4) is 51.0 Å². The lowest BCUT2D eigenvalue weighted by molar-refractivity contribution is 0.745. The highest BCUT2D eigenvalue weighted by Crippen LogP contribution is 2.46. The highest BCUT2D eigenvalue weighted by Gasteiger charge is 2.38. The smallest absolute Gasteiger partial charge is 0.164 e. The molecule has 0 N–H and O–H groups in total. The Labute approximate surface area is 367 Å². The van der Waals surface area contributed by atoms with Gasteiger partial charge >= 0.3 is 0 Å². The third-order valence-corrected chi connectivity index (χ3v) is 12.3. The number of aromatic nitrogens is 4. The highest BCUT2D eigenvalue weighted by atomic mass is 15.0. The van der Waals surface area contributed by atoms with E-state index in [1.54, 1.807) is 0 Å². The molecule has 0 unspecified atom stereocenters. The Kier molecular flexibility index (Phi) is 9.59. The third kappa shape index (κ3) is 6.70. The normalized spacial score (nSPS) is 11.6. The molecule has 0 radical (unpaired) electrons. The first-order valence-corrected chi connectivity index (χ1v) is 21.4. The number of benzene rings is 9. The van der Waals surface area contributed by atoms with Crippen LogP contribution in [0.15, 0.2) is 237 Å². The molecule has 11 aromatic rings. The second kappa shape index (κ2) is 16.0. The van der Waals surface area contributed by atoms with Crippen molar-refractivity contribution in [3.05, 3.63) is 264 Å². The second-order valence-electron chi connectivity index (χ2n) is 16.1. The quantitative estimate of drug-likeness (QED) is 0.136. The topological polar surface area (TPSA) is 43.6 Å². The number of nitrogens with zero attached hydrogens (tertiary/aromatic N) is 4. The van der Waals surface area contributed by atoms with E-state index in [1.807, 2.05) is 36.4 Å². The molecule has 63 heavy (non-hydrogen) atoms. The van der Waals surface area contributed by atoms with Gasteiger partial charge in [0, 0.05) is 33.2 Å². The summed E-state index contributed by atoms with van der Waals surface area (Å²) in [6.07, 6.45) is 0. The maximum absolute atomic E-state index is 5.23. The lowest BCUT2D eigenvalue weighted by Gasteiger charge is -2.37. The van der Waals surface area contributed by atoms with Crippen LogP contribution in [-0.2, 0) is 5.41 Å². The lowest BCUT2D eigenvalue weighted by atomic mass is 9.65. The fraction of sp³-hybridized carbons (Fsp3) is 0.0339. The van der Waals surface area contributed by atoms with Gasteiger partial charge in [-0.2, -0.15) is 0 Å². The average molecular weight is 807 g/mol. The van der Waals surface area contributed by atoms with E-state index in [0.29, 0.717) is 17.5 Å². The molecule has 0 aliphatic carbocycles. The summed E-state index contributed by atoms with van der Waals surface area (Å²) in [5.41, 5.74) is 13.7. The van der Waals surface area contributed by atoms with Crippen LogP contribution in [0.4, 0.5) is 0 Å². The van der Waals surface area contributed by atoms with Gasteiger partial charge in [0.1, 0.15) is 0 Å². The van der Waals surface area contributed by atoms with Gasteiger partial charge in [0.15, 0.2) is 17.5 Å². The van der Waals surface area contributed by atoms with Crippen molar-refractivity contribution in [1.29, 1.82) is 0 Å². The molecule has 2 aromatic heterocycles. The van der Waals surface area contributed by atoms with Crippen LogP contribution < -0.4 is 0 Å². The molecule has 11 rings (SSSR count). The van der Waals surface area contributed by atoms with Crippen molar-refractivity contribution in [3.63, 3.8) is 0 Å². The van der Waals surface area contributed by atoms with Gasteiger partial charge in [-0.05, 0) is 76.7 Å². The number of rotatable bonds is 9. The summed E-state index contributed by atoms with van der Waals surface area (Å²) in [6, 6.07) is 84.2. The van der Waals surface area contributed by atoms with Crippen molar-refractivity contribution in [2.75, 3.05) is 0 Å². The Hall–Kier alpha value is -8.21. The Morgan fingerprint density at radius 2 is 0.794 bits per heavy atom. The van der Waals surface area contributed by atoms with Gasteiger partial charge in [0.2, 0.25) is 0 Å². The van der Waals surface area contributed by atoms with Gasteiger partial charge in [-0.1, -0.05) is 206 Å². The molecule has 0 bridgehead atoms. The molecule has 0 saturated heterocycles. The van der Waals surface area contributed by atoms with Gasteiger partial charge in [-0.25, -0.2) is 15.0 Å². The molecule has 4 nitrogen and oxygen atoms in total. The van der Waals surface area contributed by atoms with E-state index >= 15 is 0 Å². The van der Waals surface area contributed by atoms with E-state index in [0.717, 1.165) is 44.5 Å². The molecule has 2 heterocycles. The van der Waals surface area contributed by atoms with E-state index in [-0.39, 0.29) is 0 Å². The molecular weight excluding hydrogens is 765 g/mol. The Morgan fingerprint density at radius 3 is 1.35 bits per heavy atom. The number of para-hydroxylation sites is 1. The maximum Gasteiger partial charge on any atom is 0.164 e. The minimum Gasteiger partial charge on any atom is -0.309 e. The molecule has 0 saturated carbocycles. The van der Waals surface area contributed by atoms with Crippen molar-refractivity contribution >= 4 is 21.8 Å². The first-order chi connectivity index (χ1) is 31.1. The fourth-order valence-electron chi connectivity index (χ4n) is 9.36. The van der Waals surface area contributed by atoms with Gasteiger partial charge in [0.25, 0.3) is 0 Å². The summed E-state index contributed by atoms with van der Waals surface area (Å²) in [5, 5.41) is 2.46. The molecule has 0 aliphatic rings. The van der Waals surface area contributed by atoms with E-state index in [1.165, 1.54) is 38.6 Å². The first-order valence-electron chi connectivity index (χ1n) is 21.4. The van der Waals surface area contributed by atoms with E-state index in [9.17, 15) is 0 Å². The average Bonchev–Trinajstić information content (AvgIpc) is 3.69. The van der Waals surface area contributed by atoms with Gasteiger partial charge < -0.3 is 4.57 Å². The van der Waals surface area contributed by atoms with Crippen LogP contribution in [0, 0.1) is 6.92 Å². The van der Waals surface area contributed by atoms with Crippen LogP contribution in [0.2, 0.25) is 0 Å². The zero-order chi connectivity index (χ0) is 42.2. The largest absolute Gasteiger partial charge is 0.309 e. The van der Waals surface area contributed by atoms with Crippen molar-refractivity contribution < 1.29 is 0 Å². The van der Waals surface area contributed by atoms with E-state index < -0.39 is 5.41 Å². The summed E-state index contributed by atoms with van der Waals surface area (Å²) in [7, 11) is 0. The van der Waals surface area contributed by atoms with Crippen LogP contribution in [0.3, 0.4) is 0 Å². The standard InChI is InChI=1S/C59H42N4/c1-41-31-38-55-53(39-41)50-29-17-18-30-54(50)63(55)49-36-37-51(58-61-56(43-19-7-2-8-20-43)60-57(62-58)44-21-9-3-10-22-44)52(40-49)42-32-34-48(35-33-42)59(45-23-11-4-12-24-45,46-25-13-5-14-26-46)47-27-15-6-16-28-47/h2-40H,1H3. The summed E-state index contributed by atoms with van der Waals surface area (Å²) in [5.74, 6) is 1.86. The van der Waals surface area contributed by atoms with Gasteiger partial charge in [-0.3, -0.25) is 0 Å². The van der Waals surface area contributed by atoms with Crippen LogP contribution in [0.1, 0.15) is 27.8 Å². The minimum atomic E-state index is -0.572. The fourth-order valence-corrected chi connectivity index (χ4v) is 9.36. The zero-order valence-corrected chi connectivity index (χ0v) is 34.8. The Morgan fingerprint density at radius 1 is 0.333 bits per heavy atom. The first kappa shape index (κ1) is 37.8. The highest BCUT2D eigenvalue weighted by molar-refractivity contribution is 6.09. The molecule has 298 valence electrons. The van der Waals surface area contributed by atoms with Crippen LogP contribution in [-0.4, -0.2) is 19.5 Å². The lowest BCUT2D eigenvalue weighted by Crippen LogP contribution is -2.30. The van der Waals surface area contributed by atoms with Crippen molar-refractivity contribution in [1.82, 2.24) is 19.5 Å². The SMILES string of the molecule is Cc1ccc2c(c1)c1ccccc1n2-c1ccc(-c2nc(-c3ccccc3)nc(-c3ccccc3)n2)c(-c2ccc(C(c3ccccc3)(c3ccccc3)c3ccccc3)cc2)c1. The van der Waals surface area contributed by atoms with Crippen molar-refractivity contribution in [2.24, 2.45) is 0 Å². The second-order valence-corrected chi connectivity index (χ2v) is 16.1. The predicted molar refractivity (Wildman–Crippen MR) is 259 cm³/mol. The third-order valence-electron chi connectivity index (χ3n) is 12.3. The van der Waals surface area contributed by atoms with Crippen LogP contribution in [0.5, 0.6) is 0 Å². The number of aryl methyl sites for hydroxylation is 1. The number of fused-ring (bicyclic) bond motifs is 3. The van der Waals surface area contributed by atoms with E-state index in [2.05, 4.69) is 212 Å². The summed E-state index contributed by atoms with van der Waals surface area (Å²) in [4.78, 5) is 15.5. The molecular formula is C59H42N4. The molecule has 0 aliphatic heterocycles. The van der Waals surface area contributed by atoms with Crippen LogP contribution >= 0.6 is 0 Å².